The number of carbonyl (C=O) groups is 1. The van der Waals surface area contributed by atoms with Gasteiger partial charge in [-0.2, -0.15) is 13.2 Å². The molecule has 2 rings (SSSR count). The summed E-state index contributed by atoms with van der Waals surface area (Å²) in [6, 6.07) is 1.86. The highest BCUT2D eigenvalue weighted by Crippen LogP contribution is 2.39. The van der Waals surface area contributed by atoms with Crippen molar-refractivity contribution in [3.8, 4) is 17.0 Å². The van der Waals surface area contributed by atoms with Gasteiger partial charge in [0.2, 0.25) is 0 Å². The van der Waals surface area contributed by atoms with Crippen LogP contribution in [0.25, 0.3) is 11.3 Å². The number of aryl methyl sites for hydroxylation is 1. The molecule has 6 nitrogen and oxygen atoms in total. The Morgan fingerprint density at radius 1 is 1.31 bits per heavy atom. The van der Waals surface area contributed by atoms with Crippen LogP contribution in [-0.2, 0) is 10.9 Å². The van der Waals surface area contributed by atoms with Gasteiger partial charge in [0, 0.05) is 19.1 Å². The van der Waals surface area contributed by atoms with Gasteiger partial charge in [0.15, 0.2) is 18.4 Å². The van der Waals surface area contributed by atoms with Gasteiger partial charge in [-0.25, -0.2) is 9.97 Å². The highest BCUT2D eigenvalue weighted by Gasteiger charge is 2.32. The van der Waals surface area contributed by atoms with E-state index in [1.165, 1.54) is 20.0 Å². The molecule has 1 heterocycles. The Bertz CT molecular complexity index is 823. The average Bonchev–Trinajstić information content (AvgIpc) is 2.53. The van der Waals surface area contributed by atoms with E-state index in [9.17, 15) is 18.0 Å². The molecular formula is C17H18F3N3O3. The molecular weight excluding hydrogens is 351 g/mol. The molecule has 26 heavy (non-hydrogen) atoms. The van der Waals surface area contributed by atoms with Crippen LogP contribution in [-0.4, -0.2) is 29.2 Å². The van der Waals surface area contributed by atoms with Crippen molar-refractivity contribution in [1.29, 1.82) is 0 Å². The first-order valence-electron chi connectivity index (χ1n) is 7.71. The second-order valence-electron chi connectivity index (χ2n) is 5.46. The fourth-order valence-electron chi connectivity index (χ4n) is 2.34. The van der Waals surface area contributed by atoms with E-state index in [1.807, 2.05) is 0 Å². The number of hydrogen-bond acceptors (Lipinski definition) is 6. The van der Waals surface area contributed by atoms with Crippen LogP contribution in [0.4, 0.5) is 19.0 Å². The van der Waals surface area contributed by atoms with E-state index in [4.69, 9.17) is 15.2 Å². The number of Topliss-reactive ketones (excluding diaryl/α,β-unsaturated/α-hetero) is 1. The molecule has 0 bridgehead atoms. The van der Waals surface area contributed by atoms with E-state index in [0.717, 1.165) is 12.1 Å². The van der Waals surface area contributed by atoms with Crippen LogP contribution in [0.1, 0.15) is 35.5 Å². The van der Waals surface area contributed by atoms with Gasteiger partial charge in [-0.3, -0.25) is 4.79 Å². The lowest BCUT2D eigenvalue weighted by Crippen LogP contribution is -2.10. The number of nitrogen functional groups attached to an aromatic ring is 1. The number of hydrogen-bond donors (Lipinski definition) is 1. The molecule has 0 aliphatic heterocycles. The Balaban J connectivity index is 2.59. The van der Waals surface area contributed by atoms with Crippen molar-refractivity contribution in [1.82, 2.24) is 9.97 Å². The number of carbonyl (C=O) groups excluding carboxylic acids is 1. The lowest BCUT2D eigenvalue weighted by atomic mass is 10.0. The Labute approximate surface area is 148 Å². The predicted molar refractivity (Wildman–Crippen MR) is 88.7 cm³/mol. The van der Waals surface area contributed by atoms with Crippen molar-refractivity contribution in [3.63, 3.8) is 0 Å². The molecule has 0 fully saturated rings. The molecule has 0 radical (unpaired) electrons. The monoisotopic (exact) mass is 369 g/mol. The van der Waals surface area contributed by atoms with E-state index >= 15 is 0 Å². The fourth-order valence-corrected chi connectivity index (χ4v) is 2.34. The number of halogens is 3. The number of nitrogens with two attached hydrogens (primary N) is 1. The van der Waals surface area contributed by atoms with Crippen LogP contribution in [0.3, 0.4) is 0 Å². The normalized spacial score (nSPS) is 11.5. The second kappa shape index (κ2) is 7.69. The van der Waals surface area contributed by atoms with E-state index in [1.54, 1.807) is 6.92 Å². The highest BCUT2D eigenvalue weighted by molar-refractivity contribution is 5.96. The Morgan fingerprint density at radius 3 is 2.54 bits per heavy atom. The number of ether oxygens (including phenoxy) is 2. The van der Waals surface area contributed by atoms with E-state index in [2.05, 4.69) is 9.97 Å². The average molecular weight is 369 g/mol. The van der Waals surface area contributed by atoms with Crippen LogP contribution in [0.15, 0.2) is 18.3 Å². The first-order chi connectivity index (χ1) is 12.1. The number of aromatic nitrogens is 2. The van der Waals surface area contributed by atoms with Crippen molar-refractivity contribution in [3.05, 3.63) is 35.2 Å². The van der Waals surface area contributed by atoms with E-state index in [0.29, 0.717) is 12.2 Å². The quantitative estimate of drug-likeness (QED) is 0.475. The lowest BCUT2D eigenvalue weighted by Gasteiger charge is -2.17. The zero-order valence-electron chi connectivity index (χ0n) is 14.5. The minimum absolute atomic E-state index is 0.00454. The van der Waals surface area contributed by atoms with Gasteiger partial charge in [0.25, 0.3) is 0 Å². The van der Waals surface area contributed by atoms with Gasteiger partial charge in [-0.05, 0) is 31.5 Å². The first kappa shape index (κ1) is 19.6. The van der Waals surface area contributed by atoms with Gasteiger partial charge in [0.1, 0.15) is 11.4 Å². The number of alkyl halides is 3. The molecule has 0 aliphatic carbocycles. The Morgan fingerprint density at radius 2 is 2.00 bits per heavy atom. The number of ketones is 1. The lowest BCUT2D eigenvalue weighted by molar-refractivity contribution is -0.137. The standard InChI is InChI=1S/C17H18F3N3O3/c1-4-25-8-26-13-6-11(17(18,19)20)5-9(2)14(13)12-7-22-15(10(3)24)16(21)23-12/h5-7H,4,8H2,1-3H3,(H2,21,23). The van der Waals surface area contributed by atoms with Crippen LogP contribution in [0, 0.1) is 6.92 Å². The largest absolute Gasteiger partial charge is 0.467 e. The van der Waals surface area contributed by atoms with Gasteiger partial charge >= 0.3 is 6.18 Å². The molecule has 0 spiro atoms. The van der Waals surface area contributed by atoms with E-state index in [-0.39, 0.29) is 41.1 Å². The SMILES string of the molecule is CCOCOc1cc(C(F)(F)F)cc(C)c1-c1cnc(C(C)=O)c(N)n1. The summed E-state index contributed by atoms with van der Waals surface area (Å²) in [5.41, 5.74) is 5.65. The number of anilines is 1. The van der Waals surface area contributed by atoms with Gasteiger partial charge in [-0.15, -0.1) is 0 Å². The molecule has 0 aliphatic rings. The van der Waals surface area contributed by atoms with Crippen LogP contribution < -0.4 is 10.5 Å². The molecule has 1 aromatic heterocycles. The summed E-state index contributed by atoms with van der Waals surface area (Å²) in [6.07, 6.45) is -3.26. The minimum Gasteiger partial charge on any atom is -0.467 e. The van der Waals surface area contributed by atoms with Crippen molar-refractivity contribution >= 4 is 11.6 Å². The number of rotatable bonds is 6. The fraction of sp³-hybridized carbons (Fsp3) is 0.353. The van der Waals surface area contributed by atoms with E-state index < -0.39 is 11.7 Å². The summed E-state index contributed by atoms with van der Waals surface area (Å²) < 4.78 is 49.7. The summed E-state index contributed by atoms with van der Waals surface area (Å²) in [5.74, 6) is -0.529. The number of nitrogens with zero attached hydrogens (tertiary/aromatic N) is 2. The molecule has 140 valence electrons. The third kappa shape index (κ3) is 4.29. The molecule has 0 saturated carbocycles. The summed E-state index contributed by atoms with van der Waals surface area (Å²) in [4.78, 5) is 19.5. The second-order valence-corrected chi connectivity index (χ2v) is 5.46. The topological polar surface area (TPSA) is 87.3 Å². The third-order valence-electron chi connectivity index (χ3n) is 3.52. The van der Waals surface area contributed by atoms with Gasteiger partial charge in [-0.1, -0.05) is 0 Å². The minimum atomic E-state index is -4.53. The maximum absolute atomic E-state index is 13.1. The summed E-state index contributed by atoms with van der Waals surface area (Å²) >= 11 is 0. The smallest absolute Gasteiger partial charge is 0.416 e. The molecule has 0 unspecified atom stereocenters. The maximum atomic E-state index is 13.1. The predicted octanol–water partition coefficient (Wildman–Crippen LogP) is 3.63. The van der Waals surface area contributed by atoms with Crippen molar-refractivity contribution in [2.45, 2.75) is 26.9 Å². The summed E-state index contributed by atoms with van der Waals surface area (Å²) in [5, 5.41) is 0. The van der Waals surface area contributed by atoms with Gasteiger partial charge < -0.3 is 15.2 Å². The summed E-state index contributed by atoms with van der Waals surface area (Å²) in [7, 11) is 0. The molecule has 2 N–H and O–H groups in total. The summed E-state index contributed by atoms with van der Waals surface area (Å²) in [6.45, 7) is 4.63. The maximum Gasteiger partial charge on any atom is 0.416 e. The molecule has 2 aromatic rings. The Hall–Kier alpha value is -2.68. The Kier molecular flexibility index (Phi) is 5.81. The first-order valence-corrected chi connectivity index (χ1v) is 7.71. The van der Waals surface area contributed by atoms with Gasteiger partial charge in [0.05, 0.1) is 17.5 Å². The third-order valence-corrected chi connectivity index (χ3v) is 3.52. The molecule has 0 saturated heterocycles. The van der Waals surface area contributed by atoms with Crippen LogP contribution in [0.5, 0.6) is 5.75 Å². The molecule has 1 aromatic carbocycles. The molecule has 0 amide bonds. The molecule has 0 atom stereocenters. The zero-order valence-corrected chi connectivity index (χ0v) is 14.5. The highest BCUT2D eigenvalue weighted by atomic mass is 19.4. The van der Waals surface area contributed by atoms with Crippen LogP contribution in [0.2, 0.25) is 0 Å². The van der Waals surface area contributed by atoms with Crippen LogP contribution >= 0.6 is 0 Å². The van der Waals surface area contributed by atoms with Crippen molar-refractivity contribution in [2.75, 3.05) is 19.1 Å². The zero-order chi connectivity index (χ0) is 19.5. The number of benzene rings is 1. The van der Waals surface area contributed by atoms with Crippen molar-refractivity contribution in [2.24, 2.45) is 0 Å². The molecule has 9 heteroatoms. The van der Waals surface area contributed by atoms with Crippen molar-refractivity contribution < 1.29 is 27.4 Å².